The van der Waals surface area contributed by atoms with E-state index in [9.17, 15) is 19.3 Å². The summed E-state index contributed by atoms with van der Waals surface area (Å²) in [7, 11) is 0. The number of carbonyl (C=O) groups is 3. The summed E-state index contributed by atoms with van der Waals surface area (Å²) in [6.07, 6.45) is 2.55. The van der Waals surface area contributed by atoms with Crippen molar-refractivity contribution in [2.75, 3.05) is 6.54 Å². The minimum atomic E-state index is -0.723. The zero-order chi connectivity index (χ0) is 28.2. The number of hydrogen-bond donors (Lipinski definition) is 1. The van der Waals surface area contributed by atoms with Gasteiger partial charge < -0.3 is 10.2 Å². The number of benzene rings is 3. The second kappa shape index (κ2) is 12.3. The number of hydrogen-bond acceptors (Lipinski definition) is 4. The average Bonchev–Trinajstić information content (AvgIpc) is 2.97. The average molecular weight is 578 g/mol. The van der Waals surface area contributed by atoms with Crippen LogP contribution in [0.1, 0.15) is 64.7 Å². The summed E-state index contributed by atoms with van der Waals surface area (Å²) in [6, 6.07) is 21.3. The minimum absolute atomic E-state index is 0.191. The van der Waals surface area contributed by atoms with Gasteiger partial charge in [-0.2, -0.15) is 0 Å². The molecule has 1 aliphatic carbocycles. The maximum Gasteiger partial charge on any atom is 0.289 e. The van der Waals surface area contributed by atoms with Crippen molar-refractivity contribution in [2.45, 2.75) is 50.1 Å². The van der Waals surface area contributed by atoms with E-state index < -0.39 is 23.8 Å². The topological polar surface area (TPSA) is 95.9 Å². The molecule has 3 amide bonds. The molecule has 2 atom stereocenters. The Bertz CT molecular complexity index is 1420. The zero-order valence-electron chi connectivity index (χ0n) is 21.8. The van der Waals surface area contributed by atoms with Crippen LogP contribution in [0.3, 0.4) is 0 Å². The quantitative estimate of drug-likeness (QED) is 0.325. The van der Waals surface area contributed by atoms with E-state index in [1.54, 1.807) is 35.2 Å². The summed E-state index contributed by atoms with van der Waals surface area (Å²) in [5.41, 5.74) is 2.85. The minimum Gasteiger partial charge on any atom is -0.355 e. The first kappa shape index (κ1) is 28.0. The standard InChI is InChI=1S/C31H29Cl2N3O4/c32-21-12-15-25(26(33)18-21)28-27(30(38)34-17-16-19-6-2-1-3-7-19)23-8-4-5-9-24(23)31(39)36(28)22-13-10-20(11-14-22)29(37)35-40/h1-9,12,15,18,20,22,27-28H,10-11,13-14,16-17H2,(H,34,38)/t20-,22+,27-,28+/m1/s1. The van der Waals surface area contributed by atoms with Gasteiger partial charge in [0.15, 0.2) is 0 Å². The first-order valence-corrected chi connectivity index (χ1v) is 14.2. The van der Waals surface area contributed by atoms with Gasteiger partial charge in [-0.25, -0.2) is 0 Å². The Morgan fingerprint density at radius 3 is 2.30 bits per heavy atom. The van der Waals surface area contributed by atoms with Crippen molar-refractivity contribution in [3.05, 3.63) is 110 Å². The van der Waals surface area contributed by atoms with E-state index in [4.69, 9.17) is 23.2 Å². The fraction of sp³-hybridized carbons (Fsp3) is 0.323. The normalized spacial score (nSPS) is 22.4. The fourth-order valence-corrected chi connectivity index (χ4v) is 6.59. The summed E-state index contributed by atoms with van der Waals surface area (Å²) < 4.78 is 0. The number of nitrogens with zero attached hydrogens (tertiary/aromatic N) is 2. The SMILES string of the molecule is O=NC(=O)[C@H]1CC[C@@H](N2C(=O)c3ccccc3[C@@H](C(=O)NCCc3ccccc3)[C@@H]2c2ccc(Cl)cc2Cl)CC1. The molecule has 7 nitrogen and oxygen atoms in total. The maximum absolute atomic E-state index is 14.1. The molecule has 3 aromatic carbocycles. The van der Waals surface area contributed by atoms with Crippen molar-refractivity contribution >= 4 is 40.9 Å². The molecular formula is C31H29Cl2N3O4. The molecule has 9 heteroatoms. The third kappa shape index (κ3) is 5.67. The molecule has 0 bridgehead atoms. The van der Waals surface area contributed by atoms with Gasteiger partial charge in [-0.1, -0.05) is 77.8 Å². The molecule has 0 aromatic heterocycles. The third-order valence-electron chi connectivity index (χ3n) is 8.02. The Kier molecular flexibility index (Phi) is 8.62. The van der Waals surface area contributed by atoms with E-state index in [1.807, 2.05) is 42.5 Å². The summed E-state index contributed by atoms with van der Waals surface area (Å²) in [5, 5.41) is 6.53. The van der Waals surface area contributed by atoms with E-state index >= 15 is 0 Å². The summed E-state index contributed by atoms with van der Waals surface area (Å²) >= 11 is 13.0. The van der Waals surface area contributed by atoms with Gasteiger partial charge in [0.1, 0.15) is 0 Å². The van der Waals surface area contributed by atoms with Crippen molar-refractivity contribution in [1.29, 1.82) is 0 Å². The number of amides is 3. The number of rotatable bonds is 7. The van der Waals surface area contributed by atoms with Crippen LogP contribution < -0.4 is 5.32 Å². The van der Waals surface area contributed by atoms with Gasteiger partial charge in [-0.05, 0) is 67.0 Å². The van der Waals surface area contributed by atoms with E-state index in [2.05, 4.69) is 10.5 Å². The number of carbonyl (C=O) groups excluding carboxylic acids is 3. The van der Waals surface area contributed by atoms with Gasteiger partial charge in [0.2, 0.25) is 5.91 Å². The number of nitroso groups, excluding NO2 is 1. The molecule has 0 radical (unpaired) electrons. The van der Waals surface area contributed by atoms with Crippen molar-refractivity contribution < 1.29 is 14.4 Å². The summed E-state index contributed by atoms with van der Waals surface area (Å²) in [6.45, 7) is 0.433. The highest BCUT2D eigenvalue weighted by molar-refractivity contribution is 6.35. The predicted molar refractivity (Wildman–Crippen MR) is 154 cm³/mol. The molecule has 1 fully saturated rings. The van der Waals surface area contributed by atoms with Crippen LogP contribution in [0.25, 0.3) is 0 Å². The molecule has 0 saturated heterocycles. The van der Waals surface area contributed by atoms with Gasteiger partial charge in [-0.3, -0.25) is 14.4 Å². The van der Waals surface area contributed by atoms with E-state index in [0.717, 1.165) is 5.56 Å². The second-order valence-corrected chi connectivity index (χ2v) is 11.2. The molecular weight excluding hydrogens is 549 g/mol. The second-order valence-electron chi connectivity index (χ2n) is 10.3. The van der Waals surface area contributed by atoms with Gasteiger partial charge in [-0.15, -0.1) is 4.91 Å². The van der Waals surface area contributed by atoms with Crippen molar-refractivity contribution in [3.8, 4) is 0 Å². The van der Waals surface area contributed by atoms with E-state index in [-0.39, 0.29) is 17.9 Å². The molecule has 40 heavy (non-hydrogen) atoms. The number of halogens is 2. The Morgan fingerprint density at radius 1 is 0.900 bits per heavy atom. The van der Waals surface area contributed by atoms with E-state index in [0.29, 0.717) is 65.4 Å². The summed E-state index contributed by atoms with van der Waals surface area (Å²) in [4.78, 5) is 52.7. The molecule has 0 spiro atoms. The molecule has 1 heterocycles. The highest BCUT2D eigenvalue weighted by atomic mass is 35.5. The summed E-state index contributed by atoms with van der Waals surface area (Å²) in [5.74, 6) is -2.22. The van der Waals surface area contributed by atoms with E-state index in [1.165, 1.54) is 0 Å². The smallest absolute Gasteiger partial charge is 0.289 e. The molecule has 1 saturated carbocycles. The van der Waals surface area contributed by atoms with Crippen LogP contribution in [0.5, 0.6) is 0 Å². The zero-order valence-corrected chi connectivity index (χ0v) is 23.3. The Hall–Kier alpha value is -3.55. The fourth-order valence-electron chi connectivity index (χ4n) is 6.07. The maximum atomic E-state index is 14.1. The third-order valence-corrected chi connectivity index (χ3v) is 8.59. The first-order valence-electron chi connectivity index (χ1n) is 13.4. The number of nitrogens with one attached hydrogen (secondary N) is 1. The molecule has 0 unspecified atom stereocenters. The Morgan fingerprint density at radius 2 is 1.60 bits per heavy atom. The first-order chi connectivity index (χ1) is 19.4. The Labute approximate surface area is 242 Å². The van der Waals surface area contributed by atoms with Gasteiger partial charge in [0.05, 0.1) is 12.0 Å². The molecule has 206 valence electrons. The molecule has 2 aliphatic rings. The van der Waals surface area contributed by atoms with Crippen LogP contribution in [-0.2, 0) is 16.0 Å². The lowest BCUT2D eigenvalue weighted by Crippen LogP contribution is -2.52. The van der Waals surface area contributed by atoms with Gasteiger partial charge in [0.25, 0.3) is 11.8 Å². The lowest BCUT2D eigenvalue weighted by Gasteiger charge is -2.47. The van der Waals surface area contributed by atoms with Crippen LogP contribution in [0.4, 0.5) is 0 Å². The van der Waals surface area contributed by atoms with Crippen molar-refractivity contribution in [3.63, 3.8) is 0 Å². The van der Waals surface area contributed by atoms with Crippen LogP contribution in [0.2, 0.25) is 10.0 Å². The van der Waals surface area contributed by atoms with Crippen LogP contribution in [-0.4, -0.2) is 35.2 Å². The monoisotopic (exact) mass is 577 g/mol. The lowest BCUT2D eigenvalue weighted by atomic mass is 9.76. The highest BCUT2D eigenvalue weighted by Crippen LogP contribution is 2.48. The van der Waals surface area contributed by atoms with Gasteiger partial charge >= 0.3 is 0 Å². The van der Waals surface area contributed by atoms with Gasteiger partial charge in [0, 0.05) is 39.3 Å². The van der Waals surface area contributed by atoms with Crippen LogP contribution in [0, 0.1) is 10.8 Å². The lowest BCUT2D eigenvalue weighted by molar-refractivity contribution is -0.124. The molecule has 5 rings (SSSR count). The van der Waals surface area contributed by atoms with Crippen LogP contribution >= 0.6 is 23.2 Å². The Balaban J connectivity index is 1.53. The number of fused-ring (bicyclic) bond motifs is 1. The van der Waals surface area contributed by atoms with Crippen LogP contribution in [0.15, 0.2) is 78.0 Å². The largest absolute Gasteiger partial charge is 0.355 e. The van der Waals surface area contributed by atoms with Crippen molar-refractivity contribution in [2.24, 2.45) is 11.1 Å². The predicted octanol–water partition coefficient (Wildman–Crippen LogP) is 6.48. The molecule has 3 aromatic rings. The molecule has 1 N–H and O–H groups in total. The molecule has 1 aliphatic heterocycles. The highest BCUT2D eigenvalue weighted by Gasteiger charge is 2.48. The van der Waals surface area contributed by atoms with Crippen molar-refractivity contribution in [1.82, 2.24) is 10.2 Å².